The SMILES string of the molecule is CC/C=C\C/C=C\C/C=C\C/C=C\CCCCCCCCCCCOCC(COP(=O)(O)OCC(O)CO)OC(=O)CCCCCCC/C=C\C/C=C\CCC. The van der Waals surface area contributed by atoms with E-state index in [4.69, 9.17) is 23.6 Å². The predicted molar refractivity (Wildman–Crippen MR) is 233 cm³/mol. The number of hydrogen-bond donors (Lipinski definition) is 3. The summed E-state index contributed by atoms with van der Waals surface area (Å²) in [6.45, 7) is 3.29. The third-order valence-corrected chi connectivity index (χ3v) is 9.81. The van der Waals surface area contributed by atoms with E-state index >= 15 is 0 Å². The van der Waals surface area contributed by atoms with Crippen LogP contribution in [0.25, 0.3) is 0 Å². The van der Waals surface area contributed by atoms with Crippen molar-refractivity contribution < 1.29 is 43.0 Å². The first-order valence-corrected chi connectivity index (χ1v) is 23.4. The number of aliphatic hydroxyl groups is 2. The van der Waals surface area contributed by atoms with E-state index in [-0.39, 0.29) is 19.6 Å². The zero-order valence-corrected chi connectivity index (χ0v) is 36.2. The molecule has 0 aliphatic rings. The average molecular weight is 809 g/mol. The standard InChI is InChI=1S/C46H81O9P/c1-3-5-7-9-11-13-15-17-18-19-20-21-22-23-24-25-27-29-31-33-35-37-39-52-42-45(43-54-56(50,51)53-41-44(48)40-47)55-46(49)38-36-34-32-30-28-26-16-14-12-10-8-6-4-2/h5,7-8,10-11,13-14,16-18,20-21,44-45,47-48H,3-4,6,9,12,15,19,22-43H2,1-2H3,(H,50,51)/b7-5-,10-8-,13-11-,16-14-,18-17-,21-20-. The summed E-state index contributed by atoms with van der Waals surface area (Å²) in [5.74, 6) is -0.402. The molecule has 0 aromatic rings. The van der Waals surface area contributed by atoms with Gasteiger partial charge in [0, 0.05) is 13.0 Å². The van der Waals surface area contributed by atoms with Gasteiger partial charge in [-0.1, -0.05) is 157 Å². The number of ether oxygens (including phenoxy) is 2. The first-order chi connectivity index (χ1) is 27.3. The molecule has 0 spiro atoms. The Labute approximate surface area is 342 Å². The second-order valence-corrected chi connectivity index (χ2v) is 15.8. The highest BCUT2D eigenvalue weighted by atomic mass is 31.2. The average Bonchev–Trinajstić information content (AvgIpc) is 3.19. The Kier molecular flexibility index (Phi) is 40.9. The van der Waals surface area contributed by atoms with Crippen LogP contribution in [0, 0.1) is 0 Å². The normalized spacial score (nSPS) is 14.7. The monoisotopic (exact) mass is 809 g/mol. The predicted octanol–water partition coefficient (Wildman–Crippen LogP) is 12.1. The summed E-state index contributed by atoms with van der Waals surface area (Å²) in [5.41, 5.74) is 0. The van der Waals surface area contributed by atoms with Crippen LogP contribution < -0.4 is 0 Å². The van der Waals surface area contributed by atoms with E-state index in [0.717, 1.165) is 96.3 Å². The fourth-order valence-corrected chi connectivity index (χ4v) is 6.35. The van der Waals surface area contributed by atoms with Crippen molar-refractivity contribution in [3.8, 4) is 0 Å². The van der Waals surface area contributed by atoms with E-state index in [9.17, 15) is 19.4 Å². The van der Waals surface area contributed by atoms with Gasteiger partial charge in [-0.3, -0.25) is 13.8 Å². The Morgan fingerprint density at radius 2 is 1.02 bits per heavy atom. The quantitative estimate of drug-likeness (QED) is 0.0239. The maximum atomic E-state index is 12.6. The third-order valence-electron chi connectivity index (χ3n) is 8.86. The van der Waals surface area contributed by atoms with Gasteiger partial charge in [0.15, 0.2) is 0 Å². The Balaban J connectivity index is 4.15. The van der Waals surface area contributed by atoms with Gasteiger partial charge in [0.25, 0.3) is 0 Å². The molecule has 0 bridgehead atoms. The number of phosphoric acid groups is 1. The Bertz CT molecular complexity index is 1100. The van der Waals surface area contributed by atoms with E-state index in [1.54, 1.807) is 0 Å². The molecule has 3 unspecified atom stereocenters. The summed E-state index contributed by atoms with van der Waals surface area (Å²) in [7, 11) is -4.53. The highest BCUT2D eigenvalue weighted by Gasteiger charge is 2.26. The van der Waals surface area contributed by atoms with Gasteiger partial charge in [-0.05, 0) is 77.0 Å². The molecule has 56 heavy (non-hydrogen) atoms. The fourth-order valence-electron chi connectivity index (χ4n) is 5.56. The molecule has 0 aromatic heterocycles. The summed E-state index contributed by atoms with van der Waals surface area (Å²) >= 11 is 0. The molecule has 3 N–H and O–H groups in total. The van der Waals surface area contributed by atoms with Crippen molar-refractivity contribution >= 4 is 13.8 Å². The molecule has 0 amide bonds. The number of hydrogen-bond acceptors (Lipinski definition) is 8. The first-order valence-electron chi connectivity index (χ1n) is 21.9. The molecule has 0 aliphatic heterocycles. The van der Waals surface area contributed by atoms with Gasteiger partial charge in [0.2, 0.25) is 0 Å². The summed E-state index contributed by atoms with van der Waals surface area (Å²) in [6, 6.07) is 0. The molecule has 0 aromatic carbocycles. The van der Waals surface area contributed by atoms with Crippen molar-refractivity contribution in [2.24, 2.45) is 0 Å². The van der Waals surface area contributed by atoms with Crippen LogP contribution in [0.1, 0.15) is 168 Å². The maximum Gasteiger partial charge on any atom is 0.472 e. The molecular formula is C46H81O9P. The van der Waals surface area contributed by atoms with Gasteiger partial charge in [-0.25, -0.2) is 4.57 Å². The van der Waals surface area contributed by atoms with Gasteiger partial charge in [-0.15, -0.1) is 0 Å². The third kappa shape index (κ3) is 41.5. The first kappa shape index (κ1) is 53.9. The van der Waals surface area contributed by atoms with Crippen molar-refractivity contribution in [2.75, 3.05) is 33.0 Å². The molecule has 0 aliphatic carbocycles. The second kappa shape index (κ2) is 42.5. The second-order valence-electron chi connectivity index (χ2n) is 14.3. The molecule has 0 saturated carbocycles. The lowest BCUT2D eigenvalue weighted by molar-refractivity contribution is -0.154. The molecule has 0 saturated heterocycles. The molecule has 3 atom stereocenters. The van der Waals surface area contributed by atoms with E-state index in [1.807, 2.05) is 0 Å². The van der Waals surface area contributed by atoms with Crippen LogP contribution in [0.15, 0.2) is 72.9 Å². The van der Waals surface area contributed by atoms with Crippen LogP contribution in [0.2, 0.25) is 0 Å². The van der Waals surface area contributed by atoms with E-state index in [1.165, 1.54) is 44.9 Å². The zero-order chi connectivity index (χ0) is 41.1. The van der Waals surface area contributed by atoms with Gasteiger partial charge in [-0.2, -0.15) is 0 Å². The minimum absolute atomic E-state index is 0.0355. The topological polar surface area (TPSA) is 132 Å². The lowest BCUT2D eigenvalue weighted by atomic mass is 10.1. The number of allylic oxidation sites excluding steroid dienone is 12. The maximum absolute atomic E-state index is 12.6. The molecule has 324 valence electrons. The number of unbranched alkanes of at least 4 members (excludes halogenated alkanes) is 15. The molecular weight excluding hydrogens is 727 g/mol. The summed E-state index contributed by atoms with van der Waals surface area (Å²) in [4.78, 5) is 22.6. The molecule has 0 rings (SSSR count). The van der Waals surface area contributed by atoms with Crippen molar-refractivity contribution in [3.05, 3.63) is 72.9 Å². The molecule has 0 radical (unpaired) electrons. The number of aliphatic hydroxyl groups excluding tert-OH is 2. The summed E-state index contributed by atoms with van der Waals surface area (Å²) in [6.07, 6.45) is 50.0. The van der Waals surface area contributed by atoms with Crippen LogP contribution in [-0.4, -0.2) is 66.3 Å². The van der Waals surface area contributed by atoms with Crippen molar-refractivity contribution in [1.29, 1.82) is 0 Å². The van der Waals surface area contributed by atoms with Gasteiger partial charge >= 0.3 is 13.8 Å². The highest BCUT2D eigenvalue weighted by Crippen LogP contribution is 2.43. The molecule has 0 heterocycles. The highest BCUT2D eigenvalue weighted by molar-refractivity contribution is 7.47. The fraction of sp³-hybridized carbons (Fsp3) is 0.717. The van der Waals surface area contributed by atoms with Gasteiger partial charge in [0.1, 0.15) is 12.2 Å². The Hall–Kier alpha value is -2.10. The van der Waals surface area contributed by atoms with Crippen LogP contribution in [0.5, 0.6) is 0 Å². The number of rotatable bonds is 41. The number of esters is 1. The zero-order valence-electron chi connectivity index (χ0n) is 35.3. The number of phosphoric ester groups is 1. The number of carbonyl (C=O) groups is 1. The molecule has 0 fully saturated rings. The van der Waals surface area contributed by atoms with E-state index in [2.05, 4.69) is 86.8 Å². The van der Waals surface area contributed by atoms with E-state index in [0.29, 0.717) is 13.0 Å². The van der Waals surface area contributed by atoms with Crippen molar-refractivity contribution in [1.82, 2.24) is 0 Å². The van der Waals surface area contributed by atoms with Crippen molar-refractivity contribution in [3.63, 3.8) is 0 Å². The summed E-state index contributed by atoms with van der Waals surface area (Å²) < 4.78 is 33.3. The van der Waals surface area contributed by atoms with Crippen molar-refractivity contribution in [2.45, 2.75) is 180 Å². The van der Waals surface area contributed by atoms with Crippen LogP contribution in [0.3, 0.4) is 0 Å². The smallest absolute Gasteiger partial charge is 0.457 e. The van der Waals surface area contributed by atoms with Crippen LogP contribution in [-0.2, 0) is 27.9 Å². The van der Waals surface area contributed by atoms with Crippen LogP contribution >= 0.6 is 7.82 Å². The van der Waals surface area contributed by atoms with E-state index < -0.39 is 39.2 Å². The van der Waals surface area contributed by atoms with Gasteiger partial charge in [0.05, 0.1) is 26.4 Å². The number of carbonyl (C=O) groups excluding carboxylic acids is 1. The Morgan fingerprint density at radius 3 is 1.54 bits per heavy atom. The van der Waals surface area contributed by atoms with Gasteiger partial charge < -0.3 is 24.6 Å². The molecule has 10 heteroatoms. The van der Waals surface area contributed by atoms with Crippen LogP contribution in [0.4, 0.5) is 0 Å². The summed E-state index contributed by atoms with van der Waals surface area (Å²) in [5, 5.41) is 18.3. The lowest BCUT2D eigenvalue weighted by Crippen LogP contribution is -2.29. The minimum atomic E-state index is -4.53. The lowest BCUT2D eigenvalue weighted by Gasteiger charge is -2.20. The minimum Gasteiger partial charge on any atom is -0.457 e. The molecule has 9 nitrogen and oxygen atoms in total. The largest absolute Gasteiger partial charge is 0.472 e. The Morgan fingerprint density at radius 1 is 0.571 bits per heavy atom.